The molecule has 6 heteroatoms. The van der Waals surface area contributed by atoms with Gasteiger partial charge in [-0.15, -0.1) is 5.56 Å². The van der Waals surface area contributed by atoms with Crippen LogP contribution in [0.3, 0.4) is 0 Å². The minimum Gasteiger partial charge on any atom is -0.179 e. The van der Waals surface area contributed by atoms with E-state index in [1.165, 1.54) is 32.6 Å². The van der Waals surface area contributed by atoms with Crippen molar-refractivity contribution in [2.75, 3.05) is 0 Å². The Kier molecular flexibility index (Phi) is 13.6. The molecule has 2 nitrogen and oxygen atoms in total. The molecule has 1 N–H and O–H groups in total. The van der Waals surface area contributed by atoms with Crippen molar-refractivity contribution >= 4 is 44.4 Å². The monoisotopic (exact) mass is 538 g/mol. The third-order valence-electron chi connectivity index (χ3n) is 4.87. The van der Waals surface area contributed by atoms with Crippen LogP contribution < -0.4 is 10.4 Å². The van der Waals surface area contributed by atoms with Crippen LogP contribution in [0, 0.1) is 6.07 Å². The van der Waals surface area contributed by atoms with Gasteiger partial charge in [0.15, 0.2) is 0 Å². The van der Waals surface area contributed by atoms with Crippen molar-refractivity contribution in [2.24, 2.45) is 0 Å². The molecule has 0 atom stereocenters. The maximum atomic E-state index is 9.48. The van der Waals surface area contributed by atoms with Gasteiger partial charge in [-0.2, -0.15) is 29.8 Å². The van der Waals surface area contributed by atoms with E-state index in [4.69, 9.17) is 24.3 Å². The predicted molar refractivity (Wildman–Crippen MR) is 144 cm³/mol. The number of amides is 1. The maximum Gasteiger partial charge on any atom is 0.103 e. The van der Waals surface area contributed by atoms with Crippen LogP contribution in [0.5, 0.6) is 0 Å². The van der Waals surface area contributed by atoms with Crippen molar-refractivity contribution in [3.05, 3.63) is 126 Å². The molecular formula is C28H26Cl2NOSiTi-2. The Morgan fingerprint density at radius 3 is 1.85 bits per heavy atom. The SMILES string of the molecule is CCC([NH-])=O.[Cl][Ti][Cl].[c-]1cccc2c1Cc1ccccc1-2.c1ccc([SiH]c2ccccc2)cc1. The van der Waals surface area contributed by atoms with E-state index >= 15 is 0 Å². The molecule has 173 valence electrons. The summed E-state index contributed by atoms with van der Waals surface area (Å²) in [6.07, 6.45) is 1.38. The van der Waals surface area contributed by atoms with Gasteiger partial charge < -0.3 is 10.5 Å². The third-order valence-corrected chi connectivity index (χ3v) is 6.31. The third kappa shape index (κ3) is 10.0. The Bertz CT molecular complexity index is 1050. The van der Waals surface area contributed by atoms with Crippen molar-refractivity contribution in [3.8, 4) is 11.1 Å². The Balaban J connectivity index is 0.000000185. The summed E-state index contributed by atoms with van der Waals surface area (Å²) in [7, 11) is 10.0. The van der Waals surface area contributed by atoms with Crippen molar-refractivity contribution in [2.45, 2.75) is 19.8 Å². The largest absolute Gasteiger partial charge is 0.179 e. The van der Waals surface area contributed by atoms with Gasteiger partial charge in [-0.05, 0) is 12.8 Å². The maximum absolute atomic E-state index is 9.48. The van der Waals surface area contributed by atoms with Gasteiger partial charge in [0.1, 0.15) is 9.52 Å². The zero-order chi connectivity index (χ0) is 24.6. The number of rotatable bonds is 3. The van der Waals surface area contributed by atoms with Gasteiger partial charge in [0.05, 0.1) is 0 Å². The van der Waals surface area contributed by atoms with Crippen LogP contribution in [0.1, 0.15) is 24.5 Å². The molecule has 1 amide bonds. The molecule has 4 aromatic rings. The first-order valence-corrected chi connectivity index (χ1v) is 16.3. The molecule has 0 saturated carbocycles. The molecule has 0 aromatic heterocycles. The second kappa shape index (κ2) is 16.5. The Labute approximate surface area is 222 Å². The van der Waals surface area contributed by atoms with E-state index in [-0.39, 0.29) is 9.52 Å². The van der Waals surface area contributed by atoms with E-state index in [0.717, 1.165) is 6.42 Å². The van der Waals surface area contributed by atoms with Gasteiger partial charge >= 0.3 is 35.6 Å². The number of benzene rings is 4. The molecule has 4 aromatic carbocycles. The number of hydrogen-bond acceptors (Lipinski definition) is 1. The number of nitrogens with one attached hydrogen (secondary N) is 1. The average Bonchev–Trinajstić information content (AvgIpc) is 3.25. The fourth-order valence-corrected chi connectivity index (χ4v) is 4.50. The minimum atomic E-state index is -0.556. The van der Waals surface area contributed by atoms with Crippen LogP contribution in [0.4, 0.5) is 0 Å². The van der Waals surface area contributed by atoms with Crippen LogP contribution in [-0.4, -0.2) is 15.4 Å². The normalized spacial score (nSPS) is 9.97. The molecule has 0 bridgehead atoms. The second-order valence-corrected chi connectivity index (χ2v) is 11.4. The number of hydrogen-bond donors (Lipinski definition) is 0. The fraction of sp³-hybridized carbons (Fsp3) is 0.107. The summed E-state index contributed by atoms with van der Waals surface area (Å²) in [6, 6.07) is 39.4. The molecule has 1 aliphatic rings. The smallest absolute Gasteiger partial charge is 0.103 e. The topological polar surface area (TPSA) is 40.9 Å². The van der Waals surface area contributed by atoms with E-state index < -0.39 is 22.9 Å². The van der Waals surface area contributed by atoms with Crippen molar-refractivity contribution < 1.29 is 21.8 Å². The Hall–Kier alpha value is -2.14. The zero-order valence-electron chi connectivity index (χ0n) is 19.0. The second-order valence-electron chi connectivity index (χ2n) is 7.21. The number of fused-ring (bicyclic) bond motifs is 3. The van der Waals surface area contributed by atoms with E-state index in [1.54, 1.807) is 6.92 Å². The zero-order valence-corrected chi connectivity index (χ0v) is 23.2. The Morgan fingerprint density at radius 1 is 0.853 bits per heavy atom. The van der Waals surface area contributed by atoms with E-state index in [9.17, 15) is 4.79 Å². The molecule has 34 heavy (non-hydrogen) atoms. The van der Waals surface area contributed by atoms with Gasteiger partial charge in [0.25, 0.3) is 0 Å². The molecular weight excluding hydrogens is 513 g/mol. The first-order chi connectivity index (χ1) is 16.6. The fourth-order valence-electron chi connectivity index (χ4n) is 3.29. The Morgan fingerprint density at radius 2 is 1.32 bits per heavy atom. The van der Waals surface area contributed by atoms with Crippen molar-refractivity contribution in [1.82, 2.24) is 0 Å². The van der Waals surface area contributed by atoms with Crippen LogP contribution >= 0.6 is 18.6 Å². The standard InChI is InChI=1S/C13H9.C12H11Si.C3H7NO.2ClH.Ti/c1-3-7-12-10(5-1)9-11-6-2-4-8-13(11)12;1-3-7-11(8-4-1)13-12-9-5-2-6-10-12;1-2-3(4)5;;;/h1-5,7-8H,9H2;1-10,13H;2H2,1H3,(H2,4,5);2*1H;/q-1;;;;;+2/p-3. The predicted octanol–water partition coefficient (Wildman–Crippen LogP) is 6.48. The van der Waals surface area contributed by atoms with Crippen molar-refractivity contribution in [1.29, 1.82) is 0 Å². The average molecular weight is 539 g/mol. The molecule has 1 radical (unpaired) electrons. The van der Waals surface area contributed by atoms with Crippen LogP contribution in [0.25, 0.3) is 16.9 Å². The van der Waals surface area contributed by atoms with E-state index in [2.05, 4.69) is 103 Å². The van der Waals surface area contributed by atoms with Crippen LogP contribution in [0.15, 0.2) is 103 Å². The summed E-state index contributed by atoms with van der Waals surface area (Å²) >= 11 is -0.556. The summed E-state index contributed by atoms with van der Waals surface area (Å²) < 4.78 is 0. The summed E-state index contributed by atoms with van der Waals surface area (Å²) in [4.78, 5) is 9.48. The van der Waals surface area contributed by atoms with E-state index in [0.29, 0.717) is 6.42 Å². The van der Waals surface area contributed by atoms with Gasteiger partial charge in [-0.25, -0.2) is 0 Å². The molecule has 0 unspecified atom stereocenters. The van der Waals surface area contributed by atoms with Crippen LogP contribution in [-0.2, 0) is 28.2 Å². The van der Waals surface area contributed by atoms with Gasteiger partial charge in [0.2, 0.25) is 0 Å². The summed E-state index contributed by atoms with van der Waals surface area (Å²) in [6.45, 7) is 1.66. The summed E-state index contributed by atoms with van der Waals surface area (Å²) in [5, 5.41) is 2.90. The first-order valence-electron chi connectivity index (χ1n) is 10.8. The van der Waals surface area contributed by atoms with Crippen molar-refractivity contribution in [3.63, 3.8) is 0 Å². The minimum absolute atomic E-state index is 0.271. The van der Waals surface area contributed by atoms with Gasteiger partial charge in [-0.1, -0.05) is 113 Å². The molecule has 0 spiro atoms. The summed E-state index contributed by atoms with van der Waals surface area (Å²) in [5.41, 5.74) is 11.7. The number of halogens is 2. The van der Waals surface area contributed by atoms with Gasteiger partial charge in [-0.3, -0.25) is 0 Å². The molecule has 0 saturated heterocycles. The molecule has 5 rings (SSSR count). The van der Waals surface area contributed by atoms with Crippen LogP contribution in [0.2, 0.25) is 0 Å². The molecule has 0 heterocycles. The van der Waals surface area contributed by atoms with Gasteiger partial charge in [0, 0.05) is 5.91 Å². The molecule has 0 aliphatic heterocycles. The van der Waals surface area contributed by atoms with E-state index in [1.807, 2.05) is 6.07 Å². The number of carbonyl (C=O) groups is 1. The molecule has 0 fully saturated rings. The molecule has 1 aliphatic carbocycles. The first kappa shape index (κ1) is 28.1. The summed E-state index contributed by atoms with van der Waals surface area (Å²) in [5.74, 6) is -0.495. The number of carbonyl (C=O) groups excluding carboxylic acids is 1. The quantitative estimate of drug-likeness (QED) is 0.191.